The SMILES string of the molecule is COc1ccc(CN(c2ncns2)S(=O)(=O)c2cc(F)c(Oc3cc(C)cc(N4CC(O)C4)c3)cc2F)c(OC)c1.Cc1cc(Oc2cc(F)c(S(=O)(=O)Nc3ncns3)cc2F)cc(N2CC(O)C2)c1. The van der Waals surface area contributed by atoms with Crippen LogP contribution in [0, 0.1) is 37.1 Å². The lowest BCUT2D eigenvalue weighted by atomic mass is 10.1. The van der Waals surface area contributed by atoms with E-state index in [9.17, 15) is 35.8 Å². The maximum atomic E-state index is 15.4. The van der Waals surface area contributed by atoms with E-state index in [-0.39, 0.29) is 28.3 Å². The summed E-state index contributed by atoms with van der Waals surface area (Å²) in [5.41, 5.74) is 3.59. The lowest BCUT2D eigenvalue weighted by Gasteiger charge is -2.38. The highest BCUT2D eigenvalue weighted by molar-refractivity contribution is 7.93. The average molecular weight is 1060 g/mol. The molecule has 0 saturated carbocycles. The predicted octanol–water partition coefficient (Wildman–Crippen LogP) is 7.41. The molecule has 0 aliphatic carbocycles. The molecule has 2 saturated heterocycles. The number of nitrogens with one attached hydrogen (secondary N) is 1. The minimum atomic E-state index is -4.68. The molecule has 3 N–H and O–H groups in total. The fraction of sp³-hybridized carbons (Fsp3) is 0.244. The first-order valence-electron chi connectivity index (χ1n) is 21.0. The van der Waals surface area contributed by atoms with E-state index in [4.69, 9.17) is 18.9 Å². The maximum Gasteiger partial charge on any atom is 0.269 e. The smallest absolute Gasteiger partial charge is 0.269 e. The number of benzene rings is 5. The number of hydrogen-bond donors (Lipinski definition) is 3. The van der Waals surface area contributed by atoms with Crippen LogP contribution in [0.15, 0.2) is 101 Å². The number of anilines is 4. The summed E-state index contributed by atoms with van der Waals surface area (Å²) in [5, 5.41) is 19.0. The fourth-order valence-electron chi connectivity index (χ4n) is 7.28. The van der Waals surface area contributed by atoms with Crippen molar-refractivity contribution in [1.82, 2.24) is 18.7 Å². The highest BCUT2D eigenvalue weighted by Crippen LogP contribution is 2.38. The van der Waals surface area contributed by atoms with Crippen molar-refractivity contribution >= 4 is 64.7 Å². The van der Waals surface area contributed by atoms with Crippen molar-refractivity contribution in [2.24, 2.45) is 0 Å². The van der Waals surface area contributed by atoms with E-state index in [0.29, 0.717) is 67.5 Å². The zero-order valence-corrected chi connectivity index (χ0v) is 41.1. The number of aryl methyl sites for hydroxylation is 2. The van der Waals surface area contributed by atoms with Gasteiger partial charge < -0.3 is 39.0 Å². The molecule has 7 aromatic rings. The molecule has 9 rings (SSSR count). The van der Waals surface area contributed by atoms with Crippen LogP contribution in [-0.4, -0.2) is 98.4 Å². The van der Waals surface area contributed by atoms with Crippen molar-refractivity contribution in [1.29, 1.82) is 0 Å². The minimum absolute atomic E-state index is 0.0496. The summed E-state index contributed by atoms with van der Waals surface area (Å²) in [4.78, 5) is 9.71. The quantitative estimate of drug-likeness (QED) is 0.0803. The van der Waals surface area contributed by atoms with Crippen LogP contribution < -0.4 is 37.8 Å². The molecule has 26 heteroatoms. The normalized spacial score (nSPS) is 13.9. The van der Waals surface area contributed by atoms with Gasteiger partial charge in [-0.05, 0) is 61.4 Å². The molecule has 0 amide bonds. The molecule has 2 aromatic heterocycles. The summed E-state index contributed by atoms with van der Waals surface area (Å²) in [6.45, 7) is 5.18. The van der Waals surface area contributed by atoms with Crippen LogP contribution in [0.1, 0.15) is 16.7 Å². The highest BCUT2D eigenvalue weighted by Gasteiger charge is 2.33. The van der Waals surface area contributed by atoms with Crippen molar-refractivity contribution < 1.29 is 63.6 Å². The summed E-state index contributed by atoms with van der Waals surface area (Å²) in [6, 6.07) is 17.6. The Labute approximate surface area is 412 Å². The van der Waals surface area contributed by atoms with Crippen molar-refractivity contribution in [2.75, 3.05) is 59.2 Å². The minimum Gasteiger partial charge on any atom is -0.497 e. The zero-order chi connectivity index (χ0) is 50.8. The molecule has 71 heavy (non-hydrogen) atoms. The number of rotatable bonds is 16. The molecular formula is C45H42F4N8O10S4. The Morgan fingerprint density at radius 1 is 0.648 bits per heavy atom. The molecule has 2 fully saturated rings. The van der Waals surface area contributed by atoms with Crippen LogP contribution in [0.5, 0.6) is 34.5 Å². The maximum absolute atomic E-state index is 15.4. The van der Waals surface area contributed by atoms with E-state index >= 15 is 8.78 Å². The number of aromatic nitrogens is 4. The van der Waals surface area contributed by atoms with Gasteiger partial charge in [-0.1, -0.05) is 0 Å². The highest BCUT2D eigenvalue weighted by atomic mass is 32.2. The molecule has 2 aliphatic rings. The summed E-state index contributed by atoms with van der Waals surface area (Å²) in [5.74, 6) is -4.15. The van der Waals surface area contributed by atoms with Crippen molar-refractivity contribution in [3.05, 3.63) is 131 Å². The standard InChI is InChI=1S/C27H26F2N4O6S2.C18H16F2N4O4S2/c1-16-6-18(32-13-19(34)14-32)8-21(7-16)39-25-10-23(29)26(11-22(25)28)41(35,36)33(27-30-15-31-40-27)12-17-4-5-20(37-2)9-24(17)38-3;1-10-2-11(24-7-12(25)8-24)4-13(3-10)28-16-5-15(20)17(6-14(16)19)30(26,27)23-18-21-9-22-29-18/h4-11,15,19,34H,12-14H2,1-3H3;2-6,9,12,25H,7-8H2,1H3,(H,21,22,23). The van der Waals surface area contributed by atoms with E-state index in [1.54, 1.807) is 42.5 Å². The Hall–Kier alpha value is -6.84. The summed E-state index contributed by atoms with van der Waals surface area (Å²) >= 11 is 1.54. The molecule has 5 aromatic carbocycles. The van der Waals surface area contributed by atoms with Crippen LogP contribution in [0.25, 0.3) is 0 Å². The van der Waals surface area contributed by atoms with Gasteiger partial charge in [-0.15, -0.1) is 0 Å². The van der Waals surface area contributed by atoms with Gasteiger partial charge in [-0.2, -0.15) is 8.75 Å². The predicted molar refractivity (Wildman–Crippen MR) is 255 cm³/mol. The van der Waals surface area contributed by atoms with Gasteiger partial charge in [0.05, 0.1) is 33.0 Å². The zero-order valence-electron chi connectivity index (χ0n) is 37.8. The summed E-state index contributed by atoms with van der Waals surface area (Å²) in [7, 11) is -6.18. The Morgan fingerprint density at radius 2 is 1.18 bits per heavy atom. The molecule has 4 heterocycles. The summed E-state index contributed by atoms with van der Waals surface area (Å²) in [6.07, 6.45) is 1.47. The second-order valence-corrected chi connectivity index (χ2v) is 21.0. The van der Waals surface area contributed by atoms with E-state index in [1.807, 2.05) is 40.5 Å². The largest absolute Gasteiger partial charge is 0.497 e. The molecule has 0 spiro atoms. The molecule has 18 nitrogen and oxygen atoms in total. The Balaban J connectivity index is 0.000000200. The monoisotopic (exact) mass is 1060 g/mol. The van der Waals surface area contributed by atoms with E-state index in [0.717, 1.165) is 56.2 Å². The lowest BCUT2D eigenvalue weighted by molar-refractivity contribution is 0.141. The van der Waals surface area contributed by atoms with Crippen LogP contribution in [0.3, 0.4) is 0 Å². The topological polar surface area (TPSA) is 219 Å². The third kappa shape index (κ3) is 11.5. The molecule has 0 radical (unpaired) electrons. The van der Waals surface area contributed by atoms with Gasteiger partial charge in [-0.3, -0.25) is 4.72 Å². The van der Waals surface area contributed by atoms with Gasteiger partial charge in [0.15, 0.2) is 23.1 Å². The number of aliphatic hydroxyl groups is 2. The number of halogens is 4. The van der Waals surface area contributed by atoms with E-state index in [1.165, 1.54) is 20.5 Å². The van der Waals surface area contributed by atoms with Gasteiger partial charge in [0.25, 0.3) is 20.0 Å². The Bertz CT molecular complexity index is 3280. The van der Waals surface area contributed by atoms with Gasteiger partial charge in [-0.25, -0.2) is 48.7 Å². The molecule has 0 unspecified atom stereocenters. The number of ether oxygens (including phenoxy) is 4. The first-order valence-corrected chi connectivity index (χ1v) is 25.5. The number of sulfonamides is 2. The number of β-amino-alcohol motifs (C(OH)–C–C–N with tert-alkyl or cyclic N) is 2. The number of nitrogens with zero attached hydrogens (tertiary/aromatic N) is 7. The Morgan fingerprint density at radius 3 is 1.68 bits per heavy atom. The molecule has 0 atom stereocenters. The number of aliphatic hydroxyl groups excluding tert-OH is 2. The van der Waals surface area contributed by atoms with E-state index in [2.05, 4.69) is 18.7 Å². The molecule has 0 bridgehead atoms. The summed E-state index contributed by atoms with van der Waals surface area (Å²) < 4.78 is 144. The molecule has 374 valence electrons. The Kier molecular flexibility index (Phi) is 14.9. The van der Waals surface area contributed by atoms with Crippen molar-refractivity contribution in [3.8, 4) is 34.5 Å². The number of methoxy groups -OCH3 is 2. The van der Waals surface area contributed by atoms with Crippen LogP contribution in [0.4, 0.5) is 39.2 Å². The van der Waals surface area contributed by atoms with Crippen molar-refractivity contribution in [3.63, 3.8) is 0 Å². The first-order chi connectivity index (χ1) is 33.8. The third-order valence-corrected chi connectivity index (χ3v) is 15.4. The van der Waals surface area contributed by atoms with E-state index < -0.39 is 76.8 Å². The second-order valence-electron chi connectivity index (χ2n) is 16.0. The van der Waals surface area contributed by atoms with Gasteiger partial charge in [0.1, 0.15) is 57.1 Å². The van der Waals surface area contributed by atoms with Gasteiger partial charge in [0.2, 0.25) is 10.3 Å². The average Bonchev–Trinajstić information content (AvgIpc) is 4.03. The molecule has 2 aliphatic heterocycles. The third-order valence-electron chi connectivity index (χ3n) is 10.8. The van der Waals surface area contributed by atoms with Gasteiger partial charge in [0, 0.05) is 109 Å². The van der Waals surface area contributed by atoms with Crippen LogP contribution in [-0.2, 0) is 26.6 Å². The number of hydrogen-bond acceptors (Lipinski definition) is 18. The van der Waals surface area contributed by atoms with Gasteiger partial charge >= 0.3 is 0 Å². The van der Waals surface area contributed by atoms with Crippen LogP contribution >= 0.6 is 23.1 Å². The second kappa shape index (κ2) is 20.9. The first kappa shape index (κ1) is 50.5. The fourth-order valence-corrected chi connectivity index (χ4v) is 11.2. The lowest BCUT2D eigenvalue weighted by Crippen LogP contribution is -2.50. The molecular weight excluding hydrogens is 1020 g/mol. The van der Waals surface area contributed by atoms with Crippen LogP contribution in [0.2, 0.25) is 0 Å². The van der Waals surface area contributed by atoms with Crippen molar-refractivity contribution in [2.45, 2.75) is 42.4 Å².